The van der Waals surface area contributed by atoms with Gasteiger partial charge in [0.25, 0.3) is 5.91 Å². The van der Waals surface area contributed by atoms with Crippen LogP contribution in [0.25, 0.3) is 0 Å². The van der Waals surface area contributed by atoms with Gasteiger partial charge in [0, 0.05) is 38.3 Å². The van der Waals surface area contributed by atoms with E-state index < -0.39 is 17.7 Å². The third-order valence-corrected chi connectivity index (χ3v) is 5.31. The van der Waals surface area contributed by atoms with E-state index in [9.17, 15) is 14.4 Å². The van der Waals surface area contributed by atoms with Crippen molar-refractivity contribution in [2.45, 2.75) is 45.3 Å². The molecule has 2 aliphatic heterocycles. The largest absolute Gasteiger partial charge is 0.444 e. The highest BCUT2D eigenvalue weighted by molar-refractivity contribution is 5.94. The number of hydrogen-bond donors (Lipinski definition) is 0. The summed E-state index contributed by atoms with van der Waals surface area (Å²) in [4.78, 5) is 43.2. The molecule has 30 heavy (non-hydrogen) atoms. The van der Waals surface area contributed by atoms with E-state index in [4.69, 9.17) is 10.00 Å². The van der Waals surface area contributed by atoms with E-state index in [-0.39, 0.29) is 11.8 Å². The van der Waals surface area contributed by atoms with E-state index in [1.54, 1.807) is 34.1 Å². The van der Waals surface area contributed by atoms with Crippen molar-refractivity contribution in [3.8, 4) is 6.07 Å². The highest BCUT2D eigenvalue weighted by Crippen LogP contribution is 2.23. The maximum Gasteiger partial charge on any atom is 0.410 e. The second kappa shape index (κ2) is 8.74. The monoisotopic (exact) mass is 412 g/mol. The van der Waals surface area contributed by atoms with Crippen molar-refractivity contribution in [1.82, 2.24) is 14.7 Å². The fourth-order valence-corrected chi connectivity index (χ4v) is 3.77. The summed E-state index contributed by atoms with van der Waals surface area (Å²) in [5, 5.41) is 8.88. The van der Waals surface area contributed by atoms with Gasteiger partial charge in [0.1, 0.15) is 11.6 Å². The number of rotatable bonds is 2. The first-order valence-corrected chi connectivity index (χ1v) is 10.3. The zero-order valence-electron chi connectivity index (χ0n) is 17.8. The molecule has 0 radical (unpaired) electrons. The number of carbonyl (C=O) groups is 3. The molecule has 2 fully saturated rings. The van der Waals surface area contributed by atoms with E-state index in [0.717, 1.165) is 6.42 Å². The molecule has 0 saturated carbocycles. The van der Waals surface area contributed by atoms with Gasteiger partial charge in [-0.1, -0.05) is 0 Å². The number of nitriles is 1. The van der Waals surface area contributed by atoms with E-state index in [2.05, 4.69) is 0 Å². The van der Waals surface area contributed by atoms with Gasteiger partial charge in [-0.15, -0.1) is 0 Å². The molecule has 2 saturated heterocycles. The molecule has 1 aromatic rings. The third-order valence-electron chi connectivity index (χ3n) is 5.31. The van der Waals surface area contributed by atoms with E-state index in [0.29, 0.717) is 50.3 Å². The van der Waals surface area contributed by atoms with Gasteiger partial charge >= 0.3 is 6.09 Å². The summed E-state index contributed by atoms with van der Waals surface area (Å²) in [6.07, 6.45) is 0.947. The lowest BCUT2D eigenvalue weighted by Gasteiger charge is -2.37. The summed E-state index contributed by atoms with van der Waals surface area (Å²) < 4.78 is 5.45. The van der Waals surface area contributed by atoms with Crippen LogP contribution < -0.4 is 0 Å². The Bertz CT molecular complexity index is 845. The second-order valence-electron chi connectivity index (χ2n) is 8.64. The number of ether oxygens (including phenoxy) is 1. The molecule has 1 aromatic carbocycles. The summed E-state index contributed by atoms with van der Waals surface area (Å²) >= 11 is 0. The first-order valence-electron chi connectivity index (χ1n) is 10.3. The molecule has 8 heteroatoms. The van der Waals surface area contributed by atoms with Crippen molar-refractivity contribution in [1.29, 1.82) is 5.26 Å². The Morgan fingerprint density at radius 1 is 1.00 bits per heavy atom. The number of nitrogens with zero attached hydrogens (tertiary/aromatic N) is 4. The second-order valence-corrected chi connectivity index (χ2v) is 8.64. The molecule has 3 amide bonds. The summed E-state index contributed by atoms with van der Waals surface area (Å²) in [5.41, 5.74) is 0.429. The van der Waals surface area contributed by atoms with Crippen LogP contribution in [-0.2, 0) is 9.53 Å². The van der Waals surface area contributed by atoms with Crippen molar-refractivity contribution in [2.24, 2.45) is 0 Å². The number of piperazine rings is 1. The highest BCUT2D eigenvalue weighted by atomic mass is 16.6. The van der Waals surface area contributed by atoms with Gasteiger partial charge in [0.05, 0.1) is 11.6 Å². The van der Waals surface area contributed by atoms with Gasteiger partial charge in [0.15, 0.2) is 0 Å². The highest BCUT2D eigenvalue weighted by Gasteiger charge is 2.39. The average molecular weight is 412 g/mol. The zero-order valence-corrected chi connectivity index (χ0v) is 17.8. The van der Waals surface area contributed by atoms with E-state index in [1.807, 2.05) is 26.8 Å². The topological polar surface area (TPSA) is 93.9 Å². The van der Waals surface area contributed by atoms with Crippen molar-refractivity contribution in [3.63, 3.8) is 0 Å². The molecule has 0 aromatic heterocycles. The van der Waals surface area contributed by atoms with Crippen molar-refractivity contribution >= 4 is 17.9 Å². The molecule has 0 aliphatic carbocycles. The molecule has 2 aliphatic rings. The lowest BCUT2D eigenvalue weighted by Crippen LogP contribution is -2.55. The summed E-state index contributed by atoms with van der Waals surface area (Å²) in [7, 11) is 0. The summed E-state index contributed by atoms with van der Waals surface area (Å²) in [6, 6.07) is 8.08. The standard InChI is InChI=1S/C22H28N4O4/c1-22(2,3)30-21(29)26-10-4-5-18(26)20(28)25-13-11-24(12-14-25)19(27)17-8-6-16(15-23)7-9-17/h6-9,18H,4-5,10-14H2,1-3H3. The van der Waals surface area contributed by atoms with Crippen molar-refractivity contribution in [2.75, 3.05) is 32.7 Å². The van der Waals surface area contributed by atoms with Gasteiger partial charge < -0.3 is 14.5 Å². The summed E-state index contributed by atoms with van der Waals surface area (Å²) in [6.45, 7) is 7.67. The summed E-state index contributed by atoms with van der Waals surface area (Å²) in [5.74, 6) is -0.188. The Hall–Kier alpha value is -3.08. The SMILES string of the molecule is CC(C)(C)OC(=O)N1CCCC1C(=O)N1CCN(C(=O)c2ccc(C#N)cc2)CC1. The maximum atomic E-state index is 13.0. The molecule has 0 spiro atoms. The van der Waals surface area contributed by atoms with E-state index in [1.165, 1.54) is 4.90 Å². The van der Waals surface area contributed by atoms with Gasteiger partial charge in [-0.05, 0) is 57.9 Å². The van der Waals surface area contributed by atoms with Crippen LogP contribution in [0.5, 0.6) is 0 Å². The third kappa shape index (κ3) is 4.90. The molecule has 3 rings (SSSR count). The minimum atomic E-state index is -0.606. The van der Waals surface area contributed by atoms with Crippen LogP contribution >= 0.6 is 0 Å². The van der Waals surface area contributed by atoms with Crippen molar-refractivity contribution in [3.05, 3.63) is 35.4 Å². The van der Waals surface area contributed by atoms with Gasteiger partial charge in [-0.3, -0.25) is 14.5 Å². The minimum Gasteiger partial charge on any atom is -0.444 e. The minimum absolute atomic E-state index is 0.0798. The van der Waals surface area contributed by atoms with Crippen LogP contribution in [0.3, 0.4) is 0 Å². The van der Waals surface area contributed by atoms with Crippen LogP contribution in [0.1, 0.15) is 49.5 Å². The molecule has 8 nitrogen and oxygen atoms in total. The predicted octanol–water partition coefficient (Wildman–Crippen LogP) is 2.24. The number of likely N-dealkylation sites (tertiary alicyclic amines) is 1. The Labute approximate surface area is 177 Å². The first kappa shape index (κ1) is 21.6. The average Bonchev–Trinajstić information content (AvgIpc) is 3.22. The lowest BCUT2D eigenvalue weighted by atomic mass is 10.1. The molecule has 0 N–H and O–H groups in total. The Balaban J connectivity index is 1.57. The molecule has 2 heterocycles. The lowest BCUT2D eigenvalue weighted by molar-refractivity contribution is -0.137. The number of hydrogen-bond acceptors (Lipinski definition) is 5. The fraction of sp³-hybridized carbons (Fsp3) is 0.545. The molecule has 0 bridgehead atoms. The Kier molecular flexibility index (Phi) is 6.30. The van der Waals surface area contributed by atoms with Crippen molar-refractivity contribution < 1.29 is 19.1 Å². The molecular formula is C22H28N4O4. The van der Waals surface area contributed by atoms with Gasteiger partial charge in [-0.2, -0.15) is 5.26 Å². The van der Waals surface area contributed by atoms with Crippen LogP contribution in [-0.4, -0.2) is 77.0 Å². The number of carbonyl (C=O) groups excluding carboxylic acids is 3. The van der Waals surface area contributed by atoms with Crippen LogP contribution in [0, 0.1) is 11.3 Å². The van der Waals surface area contributed by atoms with Gasteiger partial charge in [-0.25, -0.2) is 4.79 Å². The van der Waals surface area contributed by atoms with E-state index >= 15 is 0 Å². The first-order chi connectivity index (χ1) is 14.2. The zero-order chi connectivity index (χ0) is 21.9. The van der Waals surface area contributed by atoms with Gasteiger partial charge in [0.2, 0.25) is 5.91 Å². The smallest absolute Gasteiger partial charge is 0.410 e. The van der Waals surface area contributed by atoms with Crippen LogP contribution in [0.15, 0.2) is 24.3 Å². The molecule has 1 unspecified atom stereocenters. The Morgan fingerprint density at radius 3 is 2.17 bits per heavy atom. The maximum absolute atomic E-state index is 13.0. The number of benzene rings is 1. The predicted molar refractivity (Wildman–Crippen MR) is 110 cm³/mol. The van der Waals surface area contributed by atoms with Crippen LogP contribution in [0.4, 0.5) is 4.79 Å². The number of amides is 3. The normalized spacial score (nSPS) is 19.4. The molecule has 1 atom stereocenters. The van der Waals surface area contributed by atoms with Crippen LogP contribution in [0.2, 0.25) is 0 Å². The fourth-order valence-electron chi connectivity index (χ4n) is 3.77. The molecule has 160 valence electrons. The quantitative estimate of drug-likeness (QED) is 0.743. The molecular weight excluding hydrogens is 384 g/mol. The Morgan fingerprint density at radius 2 is 1.60 bits per heavy atom.